The zero-order valence-corrected chi connectivity index (χ0v) is 11.8. The molecule has 1 atom stereocenters. The third kappa shape index (κ3) is 6.59. The Balaban J connectivity index is 4.70. The predicted octanol–water partition coefficient (Wildman–Crippen LogP) is 1.67. The Morgan fingerprint density at radius 2 is 1.39 bits per heavy atom. The Hall–Kier alpha value is -1.10. The summed E-state index contributed by atoms with van der Waals surface area (Å²) < 4.78 is 10.0. The van der Waals surface area contributed by atoms with Crippen molar-refractivity contribution in [2.75, 3.05) is 0 Å². The van der Waals surface area contributed by atoms with Gasteiger partial charge in [-0.15, -0.1) is 0 Å². The molecule has 0 spiro atoms. The van der Waals surface area contributed by atoms with Crippen molar-refractivity contribution in [1.82, 2.24) is 0 Å². The summed E-state index contributed by atoms with van der Waals surface area (Å²) in [4.78, 5) is 23.6. The fraction of sp³-hybridized carbons (Fsp3) is 0.846. The van der Waals surface area contributed by atoms with Gasteiger partial charge in [-0.05, 0) is 40.5 Å². The van der Waals surface area contributed by atoms with E-state index in [4.69, 9.17) is 9.47 Å². The summed E-state index contributed by atoms with van der Waals surface area (Å²) in [6, 6.07) is 0. The van der Waals surface area contributed by atoms with Crippen molar-refractivity contribution >= 4 is 11.9 Å². The van der Waals surface area contributed by atoms with Crippen LogP contribution in [0.5, 0.6) is 0 Å². The Kier molecular flexibility index (Phi) is 7.59. The van der Waals surface area contributed by atoms with E-state index in [1.807, 2.05) is 0 Å². The Labute approximate surface area is 108 Å². The van der Waals surface area contributed by atoms with E-state index in [2.05, 4.69) is 0 Å². The van der Waals surface area contributed by atoms with Crippen LogP contribution in [0.1, 0.15) is 47.5 Å². The topological polar surface area (TPSA) is 72.8 Å². The van der Waals surface area contributed by atoms with Gasteiger partial charge in [-0.25, -0.2) is 0 Å². The highest BCUT2D eigenvalue weighted by Crippen LogP contribution is 2.15. The molecule has 5 nitrogen and oxygen atoms in total. The van der Waals surface area contributed by atoms with Gasteiger partial charge < -0.3 is 14.6 Å². The molecule has 0 saturated heterocycles. The van der Waals surface area contributed by atoms with Gasteiger partial charge in [0.15, 0.2) is 5.92 Å². The summed E-state index contributed by atoms with van der Waals surface area (Å²) >= 11 is 0. The molecule has 0 saturated carbocycles. The van der Waals surface area contributed by atoms with Gasteiger partial charge in [0.1, 0.15) is 0 Å². The maximum absolute atomic E-state index is 11.8. The molecule has 0 bridgehead atoms. The molecule has 5 heteroatoms. The number of esters is 2. The van der Waals surface area contributed by atoms with E-state index in [1.54, 1.807) is 34.6 Å². The summed E-state index contributed by atoms with van der Waals surface area (Å²) in [6.45, 7) is 8.61. The third-order valence-electron chi connectivity index (χ3n) is 2.25. The number of aliphatic hydroxyl groups is 1. The van der Waals surface area contributed by atoms with Gasteiger partial charge in [0.2, 0.25) is 0 Å². The first-order valence-electron chi connectivity index (χ1n) is 6.36. The minimum absolute atomic E-state index is 0.0353. The summed E-state index contributed by atoms with van der Waals surface area (Å²) in [7, 11) is 0. The van der Waals surface area contributed by atoms with Crippen molar-refractivity contribution in [2.45, 2.75) is 65.8 Å². The maximum atomic E-state index is 11.8. The first kappa shape index (κ1) is 16.9. The van der Waals surface area contributed by atoms with Gasteiger partial charge in [-0.2, -0.15) is 0 Å². The minimum atomic E-state index is -1.05. The van der Waals surface area contributed by atoms with Crippen molar-refractivity contribution < 1.29 is 24.2 Å². The van der Waals surface area contributed by atoms with Crippen molar-refractivity contribution in [3.05, 3.63) is 0 Å². The molecule has 0 heterocycles. The summed E-state index contributed by atoms with van der Waals surface area (Å²) in [5.41, 5.74) is 0. The van der Waals surface area contributed by atoms with Gasteiger partial charge in [0, 0.05) is 0 Å². The second-order valence-corrected chi connectivity index (χ2v) is 4.82. The van der Waals surface area contributed by atoms with Crippen LogP contribution in [0.15, 0.2) is 0 Å². The quantitative estimate of drug-likeness (QED) is 0.557. The van der Waals surface area contributed by atoms with Gasteiger partial charge in [-0.1, -0.05) is 6.92 Å². The van der Waals surface area contributed by atoms with E-state index >= 15 is 0 Å². The lowest BCUT2D eigenvalue weighted by atomic mass is 10.00. The Morgan fingerprint density at radius 1 is 1.00 bits per heavy atom. The van der Waals surface area contributed by atoms with Crippen molar-refractivity contribution in [3.63, 3.8) is 0 Å². The first-order valence-corrected chi connectivity index (χ1v) is 6.36. The largest absolute Gasteiger partial charge is 0.462 e. The average molecular weight is 260 g/mol. The molecule has 0 aromatic carbocycles. The number of ether oxygens (including phenoxy) is 2. The SMILES string of the molecule is CCC(O)CC(C(=O)OC(C)C)C(=O)OC(C)C. The molecule has 106 valence electrons. The predicted molar refractivity (Wildman–Crippen MR) is 66.9 cm³/mol. The smallest absolute Gasteiger partial charge is 0.320 e. The lowest BCUT2D eigenvalue weighted by molar-refractivity contribution is -0.168. The van der Waals surface area contributed by atoms with Crippen molar-refractivity contribution in [2.24, 2.45) is 5.92 Å². The zero-order valence-electron chi connectivity index (χ0n) is 11.8. The molecule has 0 aliphatic heterocycles. The lowest BCUT2D eigenvalue weighted by Crippen LogP contribution is -2.33. The number of hydrogen-bond acceptors (Lipinski definition) is 5. The molecule has 0 aliphatic carbocycles. The standard InChI is InChI=1S/C13H24O5/c1-6-10(14)7-11(12(15)17-8(2)3)13(16)18-9(4)5/h8-11,14H,6-7H2,1-5H3. The highest BCUT2D eigenvalue weighted by molar-refractivity contribution is 5.95. The van der Waals surface area contributed by atoms with Crippen LogP contribution in [0.3, 0.4) is 0 Å². The lowest BCUT2D eigenvalue weighted by Gasteiger charge is -2.20. The van der Waals surface area contributed by atoms with Crippen LogP contribution in [0.2, 0.25) is 0 Å². The van der Waals surface area contributed by atoms with E-state index in [0.717, 1.165) is 0 Å². The molecule has 18 heavy (non-hydrogen) atoms. The van der Waals surface area contributed by atoms with Crippen LogP contribution in [0.25, 0.3) is 0 Å². The molecule has 1 N–H and O–H groups in total. The van der Waals surface area contributed by atoms with E-state index in [0.29, 0.717) is 6.42 Å². The fourth-order valence-corrected chi connectivity index (χ4v) is 1.36. The first-order chi connectivity index (χ1) is 8.27. The molecule has 1 unspecified atom stereocenters. The fourth-order valence-electron chi connectivity index (χ4n) is 1.36. The van der Waals surface area contributed by atoms with Gasteiger partial charge >= 0.3 is 11.9 Å². The van der Waals surface area contributed by atoms with Crippen molar-refractivity contribution in [1.29, 1.82) is 0 Å². The summed E-state index contributed by atoms with van der Waals surface area (Å²) in [6.07, 6.45) is -0.806. The van der Waals surface area contributed by atoms with Crippen LogP contribution >= 0.6 is 0 Å². The zero-order chi connectivity index (χ0) is 14.3. The van der Waals surface area contributed by atoms with E-state index in [-0.39, 0.29) is 18.6 Å². The van der Waals surface area contributed by atoms with Crippen LogP contribution in [0, 0.1) is 5.92 Å². The molecular weight excluding hydrogens is 236 g/mol. The van der Waals surface area contributed by atoms with E-state index in [9.17, 15) is 14.7 Å². The molecule has 0 radical (unpaired) electrons. The van der Waals surface area contributed by atoms with Gasteiger partial charge in [0.05, 0.1) is 18.3 Å². The highest BCUT2D eigenvalue weighted by atomic mass is 16.6. The number of aliphatic hydroxyl groups excluding tert-OH is 1. The number of carbonyl (C=O) groups excluding carboxylic acids is 2. The van der Waals surface area contributed by atoms with Crippen LogP contribution < -0.4 is 0 Å². The molecular formula is C13H24O5. The molecule has 0 rings (SSSR count). The number of carbonyl (C=O) groups is 2. The molecule has 0 aromatic rings. The third-order valence-corrected chi connectivity index (χ3v) is 2.25. The van der Waals surface area contributed by atoms with Crippen LogP contribution in [-0.2, 0) is 19.1 Å². The average Bonchev–Trinajstić information content (AvgIpc) is 2.22. The maximum Gasteiger partial charge on any atom is 0.320 e. The van der Waals surface area contributed by atoms with Crippen molar-refractivity contribution in [3.8, 4) is 0 Å². The number of hydrogen-bond donors (Lipinski definition) is 1. The summed E-state index contributed by atoms with van der Waals surface area (Å²) in [5.74, 6) is -2.32. The van der Waals surface area contributed by atoms with Crippen LogP contribution in [0.4, 0.5) is 0 Å². The minimum Gasteiger partial charge on any atom is -0.462 e. The Bertz CT molecular complexity index is 251. The van der Waals surface area contributed by atoms with Gasteiger partial charge in [-0.3, -0.25) is 9.59 Å². The second-order valence-electron chi connectivity index (χ2n) is 4.82. The molecule has 0 aliphatic rings. The van der Waals surface area contributed by atoms with Crippen LogP contribution in [-0.4, -0.2) is 35.4 Å². The second kappa shape index (κ2) is 8.08. The Morgan fingerprint density at radius 3 is 1.67 bits per heavy atom. The molecule has 0 amide bonds. The van der Waals surface area contributed by atoms with E-state index < -0.39 is 24.0 Å². The summed E-state index contributed by atoms with van der Waals surface area (Å²) in [5, 5.41) is 9.58. The highest BCUT2D eigenvalue weighted by Gasteiger charge is 2.32. The van der Waals surface area contributed by atoms with E-state index in [1.165, 1.54) is 0 Å². The number of rotatable bonds is 7. The monoisotopic (exact) mass is 260 g/mol. The van der Waals surface area contributed by atoms with Gasteiger partial charge in [0.25, 0.3) is 0 Å². The molecule has 0 fully saturated rings. The normalized spacial score (nSPS) is 12.9. The molecule has 0 aromatic heterocycles.